The fraction of sp³-hybridized carbons (Fsp3) is 1.00. The topological polar surface area (TPSA) is 49.4 Å². The standard InChI is InChI=1S/C6H12N2O2S.ClH/c9-11(10)4-1-6-5-7-2-3-8(6)11;/h6-7H,1-5H2;1H/t6-;/m0./s1. The number of hydrogen-bond donors (Lipinski definition) is 1. The van der Waals surface area contributed by atoms with E-state index in [9.17, 15) is 8.42 Å². The second-order valence-corrected chi connectivity index (χ2v) is 5.11. The first-order valence-corrected chi connectivity index (χ1v) is 5.51. The van der Waals surface area contributed by atoms with E-state index in [-0.39, 0.29) is 18.4 Å². The lowest BCUT2D eigenvalue weighted by Crippen LogP contribution is -2.49. The van der Waals surface area contributed by atoms with Crippen LogP contribution in [-0.4, -0.2) is 44.2 Å². The maximum Gasteiger partial charge on any atom is 0.214 e. The summed E-state index contributed by atoms with van der Waals surface area (Å²) in [4.78, 5) is 0. The molecule has 0 radical (unpaired) electrons. The van der Waals surface area contributed by atoms with Gasteiger partial charge < -0.3 is 5.32 Å². The molecule has 72 valence electrons. The van der Waals surface area contributed by atoms with E-state index in [1.165, 1.54) is 0 Å². The van der Waals surface area contributed by atoms with Crippen molar-refractivity contribution in [2.24, 2.45) is 0 Å². The Morgan fingerprint density at radius 1 is 1.42 bits per heavy atom. The third-order valence-electron chi connectivity index (χ3n) is 2.36. The minimum Gasteiger partial charge on any atom is -0.314 e. The summed E-state index contributed by atoms with van der Waals surface area (Å²) in [6, 6.07) is 0.244. The molecule has 0 aromatic carbocycles. The molecule has 2 aliphatic rings. The molecular weight excluding hydrogens is 200 g/mol. The van der Waals surface area contributed by atoms with E-state index in [0.717, 1.165) is 19.5 Å². The summed E-state index contributed by atoms with van der Waals surface area (Å²) in [5, 5.41) is 3.19. The number of hydrogen-bond acceptors (Lipinski definition) is 3. The first-order chi connectivity index (χ1) is 5.20. The van der Waals surface area contributed by atoms with Crippen LogP contribution in [0.25, 0.3) is 0 Å². The zero-order valence-electron chi connectivity index (χ0n) is 6.69. The molecule has 0 aromatic rings. The predicted molar refractivity (Wildman–Crippen MR) is 49.0 cm³/mol. The van der Waals surface area contributed by atoms with Gasteiger partial charge in [0.2, 0.25) is 10.0 Å². The highest BCUT2D eigenvalue weighted by Crippen LogP contribution is 2.21. The van der Waals surface area contributed by atoms with Gasteiger partial charge in [-0.1, -0.05) is 0 Å². The van der Waals surface area contributed by atoms with Gasteiger partial charge in [0.15, 0.2) is 0 Å². The van der Waals surface area contributed by atoms with Crippen LogP contribution in [0.15, 0.2) is 0 Å². The van der Waals surface area contributed by atoms with Crippen molar-refractivity contribution in [3.63, 3.8) is 0 Å². The van der Waals surface area contributed by atoms with E-state index in [4.69, 9.17) is 0 Å². The molecule has 0 bridgehead atoms. The van der Waals surface area contributed by atoms with Crippen LogP contribution >= 0.6 is 12.4 Å². The average molecular weight is 213 g/mol. The Balaban J connectivity index is 0.000000720. The second-order valence-electron chi connectivity index (χ2n) is 3.07. The lowest BCUT2D eigenvalue weighted by molar-refractivity contribution is 0.287. The minimum atomic E-state index is -2.85. The zero-order chi connectivity index (χ0) is 7.90. The van der Waals surface area contributed by atoms with Crippen molar-refractivity contribution in [2.75, 3.05) is 25.4 Å². The number of piperazine rings is 1. The Hall–Kier alpha value is 0.160. The van der Waals surface area contributed by atoms with E-state index in [1.807, 2.05) is 0 Å². The van der Waals surface area contributed by atoms with Crippen LogP contribution in [0.5, 0.6) is 0 Å². The molecule has 12 heavy (non-hydrogen) atoms. The monoisotopic (exact) mass is 212 g/mol. The molecule has 4 nitrogen and oxygen atoms in total. The summed E-state index contributed by atoms with van der Waals surface area (Å²) in [6.45, 7) is 2.29. The first kappa shape index (κ1) is 10.2. The van der Waals surface area contributed by atoms with Crippen molar-refractivity contribution in [1.82, 2.24) is 9.62 Å². The summed E-state index contributed by atoms with van der Waals surface area (Å²) in [6.07, 6.45) is 0.801. The van der Waals surface area contributed by atoms with Crippen molar-refractivity contribution >= 4 is 22.4 Å². The lowest BCUT2D eigenvalue weighted by Gasteiger charge is -2.28. The van der Waals surface area contributed by atoms with E-state index >= 15 is 0 Å². The Labute approximate surface area is 78.8 Å². The smallest absolute Gasteiger partial charge is 0.214 e. The molecule has 1 atom stereocenters. The van der Waals surface area contributed by atoms with E-state index < -0.39 is 10.0 Å². The molecule has 2 fully saturated rings. The summed E-state index contributed by atoms with van der Waals surface area (Å²) in [5.41, 5.74) is 0. The van der Waals surface area contributed by atoms with E-state index in [0.29, 0.717) is 12.3 Å². The van der Waals surface area contributed by atoms with Crippen molar-refractivity contribution in [1.29, 1.82) is 0 Å². The minimum absolute atomic E-state index is 0. The molecule has 0 amide bonds. The van der Waals surface area contributed by atoms with Gasteiger partial charge in [-0.15, -0.1) is 12.4 Å². The van der Waals surface area contributed by atoms with Crippen molar-refractivity contribution in [3.8, 4) is 0 Å². The van der Waals surface area contributed by atoms with Crippen LogP contribution in [0.4, 0.5) is 0 Å². The molecule has 0 spiro atoms. The van der Waals surface area contributed by atoms with Crippen molar-refractivity contribution < 1.29 is 8.42 Å². The maximum absolute atomic E-state index is 11.3. The Bertz CT molecular complexity index is 254. The van der Waals surface area contributed by atoms with Crippen LogP contribution in [-0.2, 0) is 10.0 Å². The van der Waals surface area contributed by atoms with Gasteiger partial charge in [0, 0.05) is 25.7 Å². The van der Waals surface area contributed by atoms with Gasteiger partial charge >= 0.3 is 0 Å². The van der Waals surface area contributed by atoms with Gasteiger partial charge in [0.05, 0.1) is 5.75 Å². The van der Waals surface area contributed by atoms with Crippen LogP contribution in [0.3, 0.4) is 0 Å². The second kappa shape index (κ2) is 3.49. The molecule has 0 aromatic heterocycles. The largest absolute Gasteiger partial charge is 0.314 e. The number of nitrogens with one attached hydrogen (secondary N) is 1. The van der Waals surface area contributed by atoms with Crippen LogP contribution in [0.2, 0.25) is 0 Å². The molecule has 0 unspecified atom stereocenters. The summed E-state index contributed by atoms with van der Waals surface area (Å²) < 4.78 is 24.2. The van der Waals surface area contributed by atoms with Crippen LogP contribution in [0, 0.1) is 0 Å². The summed E-state index contributed by atoms with van der Waals surface area (Å²) in [5.74, 6) is 0.347. The van der Waals surface area contributed by atoms with Gasteiger partial charge in [-0.3, -0.25) is 0 Å². The fourth-order valence-corrected chi connectivity index (χ4v) is 3.56. The van der Waals surface area contributed by atoms with Crippen molar-refractivity contribution in [3.05, 3.63) is 0 Å². The van der Waals surface area contributed by atoms with E-state index in [2.05, 4.69) is 5.32 Å². The SMILES string of the molecule is Cl.O=S1(=O)CC[C@H]2CNCCN21. The van der Waals surface area contributed by atoms with Gasteiger partial charge in [0.1, 0.15) is 0 Å². The van der Waals surface area contributed by atoms with Gasteiger partial charge in [0.25, 0.3) is 0 Å². The van der Waals surface area contributed by atoms with Crippen LogP contribution in [0.1, 0.15) is 6.42 Å². The highest BCUT2D eigenvalue weighted by molar-refractivity contribution is 7.89. The highest BCUT2D eigenvalue weighted by Gasteiger charge is 2.38. The quantitative estimate of drug-likeness (QED) is 0.585. The normalized spacial score (nSPS) is 33.8. The van der Waals surface area contributed by atoms with Gasteiger partial charge in [-0.25, -0.2) is 8.42 Å². The Morgan fingerprint density at radius 3 is 2.83 bits per heavy atom. The van der Waals surface area contributed by atoms with Gasteiger partial charge in [-0.2, -0.15) is 4.31 Å². The molecular formula is C6H13ClN2O2S. The summed E-state index contributed by atoms with van der Waals surface area (Å²) >= 11 is 0. The summed E-state index contributed by atoms with van der Waals surface area (Å²) in [7, 11) is -2.85. The first-order valence-electron chi connectivity index (χ1n) is 3.90. The number of fused-ring (bicyclic) bond motifs is 1. The fourth-order valence-electron chi connectivity index (χ4n) is 1.76. The third kappa shape index (κ3) is 1.59. The van der Waals surface area contributed by atoms with Crippen molar-refractivity contribution in [2.45, 2.75) is 12.5 Å². The molecule has 1 N–H and O–H groups in total. The van der Waals surface area contributed by atoms with Gasteiger partial charge in [-0.05, 0) is 6.42 Å². The molecule has 2 rings (SSSR count). The molecule has 2 heterocycles. The highest BCUT2D eigenvalue weighted by atomic mass is 35.5. The zero-order valence-corrected chi connectivity index (χ0v) is 8.33. The number of nitrogens with zero attached hydrogens (tertiary/aromatic N) is 1. The van der Waals surface area contributed by atoms with Crippen LogP contribution < -0.4 is 5.32 Å². The average Bonchev–Trinajstić information content (AvgIpc) is 2.29. The Kier molecular flexibility index (Phi) is 2.98. The molecule has 2 saturated heterocycles. The number of halogens is 1. The molecule has 0 aliphatic carbocycles. The maximum atomic E-state index is 11.3. The predicted octanol–water partition coefficient (Wildman–Crippen LogP) is -0.584. The van der Waals surface area contributed by atoms with E-state index in [1.54, 1.807) is 4.31 Å². The molecule has 6 heteroatoms. The Morgan fingerprint density at radius 2 is 2.17 bits per heavy atom. The lowest BCUT2D eigenvalue weighted by atomic mass is 10.2. The molecule has 2 aliphatic heterocycles. The third-order valence-corrected chi connectivity index (χ3v) is 4.31. The number of sulfonamides is 1. The molecule has 0 saturated carbocycles. The number of rotatable bonds is 0.